The first-order valence-corrected chi connectivity index (χ1v) is 12.1. The van der Waals surface area contributed by atoms with Gasteiger partial charge >= 0.3 is 0 Å². The van der Waals surface area contributed by atoms with E-state index >= 15 is 0 Å². The minimum atomic E-state index is -2.79. The number of hydrogen-bond acceptors (Lipinski definition) is 4. The van der Waals surface area contributed by atoms with E-state index < -0.39 is 9.73 Å². The van der Waals surface area contributed by atoms with Crippen LogP contribution in [0, 0.1) is 4.78 Å². The second-order valence-corrected chi connectivity index (χ2v) is 10.1. The molecule has 2 aromatic carbocycles. The molecule has 158 valence electrons. The summed E-state index contributed by atoms with van der Waals surface area (Å²) >= 11 is 0. The van der Waals surface area contributed by atoms with Crippen molar-refractivity contribution in [1.29, 1.82) is 4.78 Å². The Morgan fingerprint density at radius 3 is 2.70 bits per heavy atom. The second kappa shape index (κ2) is 8.24. The minimum absolute atomic E-state index is 0.0500. The minimum Gasteiger partial charge on any atom is -0.381 e. The summed E-state index contributed by atoms with van der Waals surface area (Å²) in [6.07, 6.45) is 5.53. The number of amides is 1. The van der Waals surface area contributed by atoms with Gasteiger partial charge in [-0.15, -0.1) is 0 Å². The first-order valence-electron chi connectivity index (χ1n) is 10.1. The van der Waals surface area contributed by atoms with Crippen LogP contribution in [-0.4, -0.2) is 34.2 Å². The molecule has 3 aromatic rings. The maximum Gasteiger partial charge on any atom is 0.217 e. The van der Waals surface area contributed by atoms with Crippen LogP contribution in [0.1, 0.15) is 31.4 Å². The molecule has 2 N–H and O–H groups in total. The molecule has 0 spiro atoms. The van der Waals surface area contributed by atoms with Crippen molar-refractivity contribution in [3.05, 3.63) is 54.2 Å². The van der Waals surface area contributed by atoms with E-state index in [1.54, 1.807) is 6.07 Å². The molecular formula is C23H27N3O3S. The zero-order valence-electron chi connectivity index (χ0n) is 17.3. The van der Waals surface area contributed by atoms with E-state index in [9.17, 15) is 9.00 Å². The molecule has 1 unspecified atom stereocenters. The van der Waals surface area contributed by atoms with Gasteiger partial charge < -0.3 is 14.6 Å². The fraction of sp³-hybridized carbons (Fsp3) is 0.348. The largest absolute Gasteiger partial charge is 0.381 e. The van der Waals surface area contributed by atoms with Gasteiger partial charge in [-0.2, -0.15) is 0 Å². The molecule has 2 heterocycles. The lowest BCUT2D eigenvalue weighted by Gasteiger charge is -2.24. The van der Waals surface area contributed by atoms with Gasteiger partial charge in [0.1, 0.15) is 0 Å². The molecule has 1 fully saturated rings. The van der Waals surface area contributed by atoms with Gasteiger partial charge in [-0.1, -0.05) is 24.3 Å². The van der Waals surface area contributed by atoms with Crippen molar-refractivity contribution >= 4 is 26.5 Å². The van der Waals surface area contributed by atoms with Crippen molar-refractivity contribution < 1.29 is 13.7 Å². The topological polar surface area (TPSA) is 84.2 Å². The number of carbonyl (C=O) groups excluding carboxylic acids is 1. The summed E-state index contributed by atoms with van der Waals surface area (Å²) in [5, 5.41) is 3.98. The molecule has 0 aliphatic carbocycles. The average molecular weight is 426 g/mol. The third-order valence-electron chi connectivity index (χ3n) is 5.62. The zero-order chi connectivity index (χ0) is 21.3. The molecule has 1 aromatic heterocycles. The molecule has 30 heavy (non-hydrogen) atoms. The Morgan fingerprint density at radius 1 is 1.23 bits per heavy atom. The lowest BCUT2D eigenvalue weighted by molar-refractivity contribution is -0.119. The summed E-state index contributed by atoms with van der Waals surface area (Å²) in [6, 6.07) is 14.1. The van der Waals surface area contributed by atoms with Crippen LogP contribution >= 0.6 is 0 Å². The predicted molar refractivity (Wildman–Crippen MR) is 119 cm³/mol. The Kier molecular flexibility index (Phi) is 5.66. The number of fused-ring (bicyclic) bond motifs is 1. The third-order valence-corrected chi connectivity index (χ3v) is 6.77. The Balaban J connectivity index is 1.85. The number of nitrogens with zero attached hydrogens (tertiary/aromatic N) is 1. The van der Waals surface area contributed by atoms with Crippen LogP contribution in [0.4, 0.5) is 0 Å². The van der Waals surface area contributed by atoms with Crippen molar-refractivity contribution in [2.45, 2.75) is 37.2 Å². The molecule has 1 aliphatic heterocycles. The molecule has 6 nitrogen and oxygen atoms in total. The fourth-order valence-electron chi connectivity index (χ4n) is 4.03. The maximum atomic E-state index is 12.3. The number of hydrogen-bond donors (Lipinski definition) is 2. The van der Waals surface area contributed by atoms with Gasteiger partial charge in [0.2, 0.25) is 5.91 Å². The highest BCUT2D eigenvalue weighted by Gasteiger charge is 2.20. The van der Waals surface area contributed by atoms with E-state index in [2.05, 4.69) is 28.2 Å². The van der Waals surface area contributed by atoms with E-state index in [-0.39, 0.29) is 5.91 Å². The number of aromatic nitrogens is 1. The summed E-state index contributed by atoms with van der Waals surface area (Å²) in [5.41, 5.74) is 4.19. The van der Waals surface area contributed by atoms with E-state index in [0.717, 1.165) is 53.6 Å². The highest BCUT2D eigenvalue weighted by Crippen LogP contribution is 2.36. The van der Waals surface area contributed by atoms with Crippen LogP contribution < -0.4 is 5.32 Å². The summed E-state index contributed by atoms with van der Waals surface area (Å²) < 4.78 is 28.1. The molecular weight excluding hydrogens is 398 g/mol. The van der Waals surface area contributed by atoms with E-state index in [0.29, 0.717) is 17.5 Å². The van der Waals surface area contributed by atoms with Gasteiger partial charge in [-0.25, -0.2) is 8.99 Å². The van der Waals surface area contributed by atoms with Gasteiger partial charge in [0.25, 0.3) is 0 Å². The van der Waals surface area contributed by atoms with Crippen LogP contribution in [0.3, 0.4) is 0 Å². The first kappa shape index (κ1) is 20.6. The number of benzene rings is 2. The predicted octanol–water partition coefficient (Wildman–Crippen LogP) is 4.33. The molecule has 1 saturated heterocycles. The quantitative estimate of drug-likeness (QED) is 0.638. The number of ether oxygens (including phenoxy) is 1. The molecule has 0 saturated carbocycles. The molecule has 1 atom stereocenters. The monoisotopic (exact) mass is 425 g/mol. The summed E-state index contributed by atoms with van der Waals surface area (Å²) in [7, 11) is -2.79. The molecule has 1 amide bonds. The van der Waals surface area contributed by atoms with Crippen LogP contribution in [0.2, 0.25) is 0 Å². The van der Waals surface area contributed by atoms with E-state index in [4.69, 9.17) is 9.52 Å². The standard InChI is InChI=1S/C23H27N3O3S/c1-16(27)25-14-17-6-7-21-22(18-4-3-5-20(13-18)30(2,24)28)15-26(23(21)12-17)19-8-10-29-11-9-19/h3-7,12-13,15,19,24H,8-11,14H2,1-2H3,(H,25,27). The van der Waals surface area contributed by atoms with Crippen molar-refractivity contribution in [2.24, 2.45) is 0 Å². The van der Waals surface area contributed by atoms with Gasteiger partial charge in [0.15, 0.2) is 0 Å². The van der Waals surface area contributed by atoms with Crippen LogP contribution in [-0.2, 0) is 25.8 Å². The van der Waals surface area contributed by atoms with Crippen LogP contribution in [0.5, 0.6) is 0 Å². The molecule has 7 heteroatoms. The number of carbonyl (C=O) groups is 1. The summed E-state index contributed by atoms with van der Waals surface area (Å²) in [4.78, 5) is 11.9. The third kappa shape index (κ3) is 4.27. The summed E-state index contributed by atoms with van der Waals surface area (Å²) in [6.45, 7) is 3.51. The Hall–Kier alpha value is -2.64. The van der Waals surface area contributed by atoms with E-state index in [1.165, 1.54) is 13.2 Å². The maximum absolute atomic E-state index is 12.3. The molecule has 1 aliphatic rings. The average Bonchev–Trinajstić information content (AvgIpc) is 3.11. The van der Waals surface area contributed by atoms with Crippen LogP contribution in [0.25, 0.3) is 22.0 Å². The van der Waals surface area contributed by atoms with Crippen LogP contribution in [0.15, 0.2) is 53.6 Å². The SMILES string of the molecule is CC(=O)NCc1ccc2c(-c3cccc(S(C)(=N)=O)c3)cn(C3CCOCC3)c2c1. The Labute approximate surface area is 177 Å². The molecule has 4 rings (SSSR count). The lowest BCUT2D eigenvalue weighted by Crippen LogP contribution is -2.20. The van der Waals surface area contributed by atoms with Gasteiger partial charge in [-0.05, 0) is 42.2 Å². The molecule has 0 bridgehead atoms. The van der Waals surface area contributed by atoms with Crippen molar-refractivity contribution in [1.82, 2.24) is 9.88 Å². The lowest BCUT2D eigenvalue weighted by atomic mass is 10.0. The number of nitrogens with one attached hydrogen (secondary N) is 2. The Morgan fingerprint density at radius 2 is 2.00 bits per heavy atom. The highest BCUT2D eigenvalue weighted by molar-refractivity contribution is 7.91. The van der Waals surface area contributed by atoms with Crippen molar-refractivity contribution in [2.75, 3.05) is 19.5 Å². The highest BCUT2D eigenvalue weighted by atomic mass is 32.2. The second-order valence-electron chi connectivity index (χ2n) is 7.93. The Bertz CT molecular complexity index is 1190. The normalized spacial score (nSPS) is 17.0. The zero-order valence-corrected chi connectivity index (χ0v) is 18.1. The van der Waals surface area contributed by atoms with Crippen molar-refractivity contribution in [3.8, 4) is 11.1 Å². The van der Waals surface area contributed by atoms with Gasteiger partial charge in [0, 0.05) is 66.5 Å². The smallest absolute Gasteiger partial charge is 0.217 e. The van der Waals surface area contributed by atoms with Gasteiger partial charge in [-0.3, -0.25) is 4.79 Å². The first-order chi connectivity index (χ1) is 14.3. The van der Waals surface area contributed by atoms with Gasteiger partial charge in [0.05, 0.1) is 9.73 Å². The fourth-order valence-corrected chi connectivity index (χ4v) is 4.72. The summed E-state index contributed by atoms with van der Waals surface area (Å²) in [5.74, 6) is -0.0500. The number of rotatable bonds is 5. The molecule has 0 radical (unpaired) electrons. The van der Waals surface area contributed by atoms with Crippen molar-refractivity contribution in [3.63, 3.8) is 0 Å². The van der Waals surface area contributed by atoms with E-state index in [1.807, 2.05) is 24.3 Å².